The number of aromatic nitrogens is 4. The van der Waals surface area contributed by atoms with E-state index in [1.54, 1.807) is 0 Å². The fourth-order valence-corrected chi connectivity index (χ4v) is 1.76. The third-order valence-electron chi connectivity index (χ3n) is 2.11. The van der Waals surface area contributed by atoms with Crippen LogP contribution in [0.4, 0.5) is 0 Å². The van der Waals surface area contributed by atoms with Crippen molar-refractivity contribution in [2.45, 2.75) is 32.9 Å². The van der Waals surface area contributed by atoms with Gasteiger partial charge in [-0.15, -0.1) is 5.10 Å². The number of hydrogen-bond donors (Lipinski definition) is 1. The van der Waals surface area contributed by atoms with Crippen LogP contribution < -0.4 is 5.32 Å². The number of tetrazole rings is 1. The molecule has 0 bridgehead atoms. The second-order valence-electron chi connectivity index (χ2n) is 3.30. The van der Waals surface area contributed by atoms with E-state index in [2.05, 4.69) is 34.0 Å². The molecule has 0 aliphatic heterocycles. The summed E-state index contributed by atoms with van der Waals surface area (Å²) in [5, 5.41) is 14.9. The molecular formula is C9H19N5S. The van der Waals surface area contributed by atoms with E-state index in [4.69, 9.17) is 0 Å². The van der Waals surface area contributed by atoms with Gasteiger partial charge in [0.15, 0.2) is 5.82 Å². The molecule has 0 radical (unpaired) electrons. The molecule has 0 fully saturated rings. The highest BCUT2D eigenvalue weighted by atomic mass is 32.2. The van der Waals surface area contributed by atoms with E-state index in [1.165, 1.54) is 12.2 Å². The fourth-order valence-electron chi connectivity index (χ4n) is 1.27. The number of thioether (sulfide) groups is 1. The zero-order chi connectivity index (χ0) is 10.9. The number of rotatable bonds is 8. The molecule has 1 aromatic rings. The summed E-state index contributed by atoms with van der Waals surface area (Å²) in [5.41, 5.74) is 0. The molecule has 15 heavy (non-hydrogen) atoms. The van der Waals surface area contributed by atoms with Crippen LogP contribution in [0.2, 0.25) is 0 Å². The predicted molar refractivity (Wildman–Crippen MR) is 62.8 cm³/mol. The van der Waals surface area contributed by atoms with Crippen LogP contribution in [0.1, 0.15) is 25.6 Å². The van der Waals surface area contributed by atoms with Gasteiger partial charge in [0, 0.05) is 6.54 Å². The normalized spacial score (nSPS) is 10.8. The molecule has 1 rings (SSSR count). The Hall–Kier alpha value is -0.620. The Labute approximate surface area is 95.0 Å². The predicted octanol–water partition coefficient (Wildman–Crippen LogP) is 0.926. The summed E-state index contributed by atoms with van der Waals surface area (Å²) in [6.45, 7) is 4.70. The fraction of sp³-hybridized carbons (Fsp3) is 0.889. The Bertz CT molecular complexity index is 263. The summed E-state index contributed by atoms with van der Waals surface area (Å²) in [4.78, 5) is 0. The molecule has 0 unspecified atom stereocenters. The molecule has 1 heterocycles. The zero-order valence-electron chi connectivity index (χ0n) is 9.44. The average Bonchev–Trinajstić information content (AvgIpc) is 2.69. The molecule has 0 aliphatic carbocycles. The van der Waals surface area contributed by atoms with Crippen molar-refractivity contribution >= 4 is 11.8 Å². The summed E-state index contributed by atoms with van der Waals surface area (Å²) >= 11 is 1.88. The van der Waals surface area contributed by atoms with Gasteiger partial charge in [-0.1, -0.05) is 6.92 Å². The molecule has 0 saturated heterocycles. The van der Waals surface area contributed by atoms with Crippen LogP contribution in [0.15, 0.2) is 0 Å². The number of hydrogen-bond acceptors (Lipinski definition) is 5. The zero-order valence-corrected chi connectivity index (χ0v) is 10.3. The van der Waals surface area contributed by atoms with E-state index in [-0.39, 0.29) is 0 Å². The minimum atomic E-state index is 0.756. The molecule has 0 spiro atoms. The van der Waals surface area contributed by atoms with Gasteiger partial charge in [-0.05, 0) is 41.8 Å². The van der Waals surface area contributed by atoms with Gasteiger partial charge in [0.25, 0.3) is 0 Å². The second-order valence-corrected chi connectivity index (χ2v) is 4.28. The Kier molecular flexibility index (Phi) is 6.34. The maximum Gasteiger partial charge on any atom is 0.165 e. The molecule has 5 nitrogen and oxygen atoms in total. The highest BCUT2D eigenvalue weighted by Crippen LogP contribution is 2.02. The highest BCUT2D eigenvalue weighted by Gasteiger charge is 2.03. The van der Waals surface area contributed by atoms with Crippen LogP contribution in [0.5, 0.6) is 0 Å². The Balaban J connectivity index is 2.29. The van der Waals surface area contributed by atoms with Crippen LogP contribution in [0.25, 0.3) is 0 Å². The van der Waals surface area contributed by atoms with E-state index in [1.807, 2.05) is 16.4 Å². The van der Waals surface area contributed by atoms with Gasteiger partial charge < -0.3 is 5.32 Å². The van der Waals surface area contributed by atoms with Crippen molar-refractivity contribution in [1.82, 2.24) is 25.5 Å². The van der Waals surface area contributed by atoms with E-state index >= 15 is 0 Å². The SMILES string of the molecule is CCNCc1nnnn1CCCCSC. The van der Waals surface area contributed by atoms with Crippen molar-refractivity contribution in [3.8, 4) is 0 Å². The number of nitrogens with zero attached hydrogens (tertiary/aromatic N) is 4. The van der Waals surface area contributed by atoms with Gasteiger partial charge in [-0.25, -0.2) is 4.68 Å². The van der Waals surface area contributed by atoms with Crippen LogP contribution in [-0.2, 0) is 13.1 Å². The van der Waals surface area contributed by atoms with Gasteiger partial charge in [-0.2, -0.15) is 11.8 Å². The van der Waals surface area contributed by atoms with E-state index < -0.39 is 0 Å². The lowest BCUT2D eigenvalue weighted by Gasteiger charge is -2.04. The van der Waals surface area contributed by atoms with Crippen molar-refractivity contribution in [1.29, 1.82) is 0 Å². The standard InChI is InChI=1S/C9H19N5S/c1-3-10-8-9-11-12-13-14(9)6-4-5-7-15-2/h10H,3-8H2,1-2H3. The summed E-state index contributed by atoms with van der Waals surface area (Å²) in [7, 11) is 0. The quantitative estimate of drug-likeness (QED) is 0.672. The smallest absolute Gasteiger partial charge is 0.165 e. The monoisotopic (exact) mass is 229 g/mol. The van der Waals surface area contributed by atoms with Crippen molar-refractivity contribution in [2.24, 2.45) is 0 Å². The molecule has 1 aromatic heterocycles. The van der Waals surface area contributed by atoms with Gasteiger partial charge in [-0.3, -0.25) is 0 Å². The maximum absolute atomic E-state index is 3.99. The number of aryl methyl sites for hydroxylation is 1. The van der Waals surface area contributed by atoms with Gasteiger partial charge in [0.2, 0.25) is 0 Å². The second kappa shape index (κ2) is 7.64. The third-order valence-corrected chi connectivity index (χ3v) is 2.80. The first-order valence-corrected chi connectivity index (χ1v) is 6.72. The highest BCUT2D eigenvalue weighted by molar-refractivity contribution is 7.98. The van der Waals surface area contributed by atoms with Crippen molar-refractivity contribution in [2.75, 3.05) is 18.6 Å². The van der Waals surface area contributed by atoms with Crippen molar-refractivity contribution in [3.63, 3.8) is 0 Å². The van der Waals surface area contributed by atoms with E-state index in [0.29, 0.717) is 0 Å². The number of nitrogens with one attached hydrogen (secondary N) is 1. The van der Waals surface area contributed by atoms with Crippen molar-refractivity contribution in [3.05, 3.63) is 5.82 Å². The van der Waals surface area contributed by atoms with Crippen LogP contribution in [0.3, 0.4) is 0 Å². The summed E-state index contributed by atoms with van der Waals surface area (Å²) < 4.78 is 1.89. The number of unbranched alkanes of at least 4 members (excludes halogenated alkanes) is 1. The lowest BCUT2D eigenvalue weighted by atomic mass is 10.3. The summed E-state index contributed by atoms with van der Waals surface area (Å²) in [5.74, 6) is 2.14. The Morgan fingerprint density at radius 1 is 1.40 bits per heavy atom. The first kappa shape index (κ1) is 12.4. The third kappa shape index (κ3) is 4.61. The maximum atomic E-state index is 3.99. The molecule has 0 amide bonds. The molecule has 0 saturated carbocycles. The topological polar surface area (TPSA) is 55.6 Å². The molecule has 0 aromatic carbocycles. The minimum Gasteiger partial charge on any atom is -0.310 e. The van der Waals surface area contributed by atoms with E-state index in [0.717, 1.165) is 31.9 Å². The molecular weight excluding hydrogens is 210 g/mol. The Morgan fingerprint density at radius 3 is 3.00 bits per heavy atom. The molecule has 0 atom stereocenters. The van der Waals surface area contributed by atoms with Crippen molar-refractivity contribution < 1.29 is 0 Å². The lowest BCUT2D eigenvalue weighted by Crippen LogP contribution is -2.17. The first-order chi connectivity index (χ1) is 7.38. The largest absolute Gasteiger partial charge is 0.310 e. The minimum absolute atomic E-state index is 0.756. The molecule has 1 N–H and O–H groups in total. The molecule has 6 heteroatoms. The summed E-state index contributed by atoms with van der Waals surface area (Å²) in [6.07, 6.45) is 4.50. The van der Waals surface area contributed by atoms with Gasteiger partial charge in [0.05, 0.1) is 6.54 Å². The van der Waals surface area contributed by atoms with Gasteiger partial charge >= 0.3 is 0 Å². The Morgan fingerprint density at radius 2 is 2.27 bits per heavy atom. The average molecular weight is 229 g/mol. The van der Waals surface area contributed by atoms with Gasteiger partial charge in [0.1, 0.15) is 0 Å². The van der Waals surface area contributed by atoms with E-state index in [9.17, 15) is 0 Å². The summed E-state index contributed by atoms with van der Waals surface area (Å²) in [6, 6.07) is 0. The molecule has 0 aliphatic rings. The molecule has 86 valence electrons. The first-order valence-electron chi connectivity index (χ1n) is 5.33. The van der Waals surface area contributed by atoms with Crippen LogP contribution in [0, 0.1) is 0 Å². The van der Waals surface area contributed by atoms with Crippen LogP contribution in [-0.4, -0.2) is 38.8 Å². The van der Waals surface area contributed by atoms with Crippen LogP contribution >= 0.6 is 11.8 Å². The lowest BCUT2D eigenvalue weighted by molar-refractivity contribution is 0.521.